The summed E-state index contributed by atoms with van der Waals surface area (Å²) in [6.45, 7) is 5.94. The van der Waals surface area contributed by atoms with Gasteiger partial charge in [-0.1, -0.05) is 6.07 Å². The number of aromatic carboxylic acids is 1. The number of nitrogens with zero attached hydrogens (tertiary/aromatic N) is 2. The lowest BCUT2D eigenvalue weighted by molar-refractivity contribution is 0.0530. The molecule has 1 aromatic rings. The average Bonchev–Trinajstić information content (AvgIpc) is 2.88. The van der Waals surface area contributed by atoms with Crippen LogP contribution in [0, 0.1) is 5.82 Å². The Hall–Kier alpha value is -1.46. The predicted molar refractivity (Wildman–Crippen MR) is 77.8 cm³/mol. The maximum absolute atomic E-state index is 13.3. The van der Waals surface area contributed by atoms with Gasteiger partial charge in [0, 0.05) is 31.7 Å². The largest absolute Gasteiger partial charge is 0.478 e. The smallest absolute Gasteiger partial charge is 0.336 e. The lowest BCUT2D eigenvalue weighted by Gasteiger charge is -2.42. The van der Waals surface area contributed by atoms with E-state index in [0.717, 1.165) is 19.2 Å². The molecule has 3 rings (SSSR count). The number of halogens is 1. The highest BCUT2D eigenvalue weighted by atomic mass is 19.1. The number of carboxylic acids is 1. The zero-order valence-electron chi connectivity index (χ0n) is 12.3. The van der Waals surface area contributed by atoms with E-state index in [1.54, 1.807) is 6.07 Å². The fourth-order valence-corrected chi connectivity index (χ4v) is 3.57. The minimum atomic E-state index is -1.06. The van der Waals surface area contributed by atoms with E-state index in [-0.39, 0.29) is 5.56 Å². The Kier molecular flexibility index (Phi) is 3.95. The molecule has 2 fully saturated rings. The quantitative estimate of drug-likeness (QED) is 0.927. The molecule has 1 N–H and O–H groups in total. The van der Waals surface area contributed by atoms with E-state index >= 15 is 0 Å². The van der Waals surface area contributed by atoms with Crippen LogP contribution in [0.4, 0.5) is 4.39 Å². The summed E-state index contributed by atoms with van der Waals surface area (Å²) in [4.78, 5) is 16.1. The first kappa shape index (κ1) is 14.5. The van der Waals surface area contributed by atoms with Crippen LogP contribution in [0.2, 0.25) is 0 Å². The van der Waals surface area contributed by atoms with Crippen LogP contribution in [0.1, 0.15) is 35.7 Å². The van der Waals surface area contributed by atoms with Crippen molar-refractivity contribution < 1.29 is 14.3 Å². The summed E-state index contributed by atoms with van der Waals surface area (Å²) in [6.07, 6.45) is 2.47. The number of carbonyl (C=O) groups is 1. The lowest BCUT2D eigenvalue weighted by Crippen LogP contribution is -2.54. The van der Waals surface area contributed by atoms with E-state index in [4.69, 9.17) is 0 Å². The van der Waals surface area contributed by atoms with E-state index in [2.05, 4.69) is 16.7 Å². The second-order valence-electron chi connectivity index (χ2n) is 6.18. The molecule has 2 saturated heterocycles. The molecule has 0 amide bonds. The van der Waals surface area contributed by atoms with Crippen molar-refractivity contribution in [3.05, 3.63) is 35.1 Å². The number of rotatable bonds is 3. The van der Waals surface area contributed by atoms with Gasteiger partial charge >= 0.3 is 5.97 Å². The van der Waals surface area contributed by atoms with Crippen LogP contribution in [-0.4, -0.2) is 52.6 Å². The molecule has 0 aromatic heterocycles. The van der Waals surface area contributed by atoms with Crippen LogP contribution in [0.15, 0.2) is 18.2 Å². The molecule has 2 heterocycles. The van der Waals surface area contributed by atoms with Crippen LogP contribution >= 0.6 is 0 Å². The van der Waals surface area contributed by atoms with Crippen molar-refractivity contribution in [1.29, 1.82) is 0 Å². The van der Waals surface area contributed by atoms with E-state index in [1.165, 1.54) is 25.5 Å². The zero-order chi connectivity index (χ0) is 15.0. The standard InChI is InChI=1S/C16H21FN2O2/c1-11-8-18-6-2-3-14(18)10-19(11)9-12-4-5-13(17)7-15(12)16(20)21/h4-5,7,11,14H,2-3,6,8-10H2,1H3,(H,20,21). The summed E-state index contributed by atoms with van der Waals surface area (Å²) < 4.78 is 13.3. The van der Waals surface area contributed by atoms with Crippen molar-refractivity contribution in [2.75, 3.05) is 19.6 Å². The van der Waals surface area contributed by atoms with Gasteiger partial charge in [-0.3, -0.25) is 9.80 Å². The van der Waals surface area contributed by atoms with E-state index in [9.17, 15) is 14.3 Å². The van der Waals surface area contributed by atoms with Crippen molar-refractivity contribution >= 4 is 5.97 Å². The molecule has 5 heteroatoms. The molecule has 0 spiro atoms. The first-order chi connectivity index (χ1) is 10.0. The number of benzene rings is 1. The van der Waals surface area contributed by atoms with Gasteiger partial charge in [0.2, 0.25) is 0 Å². The summed E-state index contributed by atoms with van der Waals surface area (Å²) in [5, 5.41) is 9.24. The maximum Gasteiger partial charge on any atom is 0.336 e. The van der Waals surface area contributed by atoms with E-state index < -0.39 is 11.8 Å². The molecule has 1 aromatic carbocycles. The van der Waals surface area contributed by atoms with Crippen LogP contribution in [-0.2, 0) is 6.54 Å². The Labute approximate surface area is 124 Å². The van der Waals surface area contributed by atoms with Crippen molar-refractivity contribution in [2.24, 2.45) is 0 Å². The Morgan fingerprint density at radius 3 is 3.00 bits per heavy atom. The summed E-state index contributed by atoms with van der Waals surface area (Å²) in [5.41, 5.74) is 0.776. The molecular weight excluding hydrogens is 271 g/mol. The highest BCUT2D eigenvalue weighted by molar-refractivity contribution is 5.89. The molecule has 2 aliphatic heterocycles. The van der Waals surface area contributed by atoms with Crippen LogP contribution in [0.25, 0.3) is 0 Å². The van der Waals surface area contributed by atoms with Crippen molar-refractivity contribution in [3.8, 4) is 0 Å². The molecule has 114 valence electrons. The Morgan fingerprint density at radius 2 is 2.24 bits per heavy atom. The van der Waals surface area contributed by atoms with Gasteiger partial charge in [0.15, 0.2) is 0 Å². The summed E-state index contributed by atoms with van der Waals surface area (Å²) in [6, 6.07) is 5.06. The molecule has 0 saturated carbocycles. The average molecular weight is 292 g/mol. The molecule has 0 bridgehead atoms. The Bertz CT molecular complexity index is 549. The fraction of sp³-hybridized carbons (Fsp3) is 0.562. The zero-order valence-corrected chi connectivity index (χ0v) is 12.3. The topological polar surface area (TPSA) is 43.8 Å². The Balaban J connectivity index is 1.78. The van der Waals surface area contributed by atoms with Gasteiger partial charge in [-0.25, -0.2) is 9.18 Å². The number of carboxylic acid groups (broad SMARTS) is 1. The van der Waals surface area contributed by atoms with Crippen molar-refractivity contribution in [2.45, 2.75) is 38.4 Å². The highest BCUT2D eigenvalue weighted by Crippen LogP contribution is 2.26. The molecule has 21 heavy (non-hydrogen) atoms. The van der Waals surface area contributed by atoms with Gasteiger partial charge in [-0.15, -0.1) is 0 Å². The highest BCUT2D eigenvalue weighted by Gasteiger charge is 2.34. The molecule has 0 radical (unpaired) electrons. The first-order valence-electron chi connectivity index (χ1n) is 7.54. The van der Waals surface area contributed by atoms with E-state index in [0.29, 0.717) is 24.2 Å². The minimum absolute atomic E-state index is 0.0797. The van der Waals surface area contributed by atoms with E-state index in [1.807, 2.05) is 0 Å². The minimum Gasteiger partial charge on any atom is -0.478 e. The lowest BCUT2D eigenvalue weighted by atomic mass is 10.0. The normalized spacial score (nSPS) is 26.8. The summed E-state index contributed by atoms with van der Waals surface area (Å²) >= 11 is 0. The van der Waals surface area contributed by atoms with Gasteiger partial charge in [-0.2, -0.15) is 0 Å². The third kappa shape index (κ3) is 2.94. The third-order valence-corrected chi connectivity index (χ3v) is 4.74. The number of hydrogen-bond acceptors (Lipinski definition) is 3. The number of hydrogen-bond donors (Lipinski definition) is 1. The number of fused-ring (bicyclic) bond motifs is 1. The van der Waals surface area contributed by atoms with Crippen LogP contribution in [0.5, 0.6) is 0 Å². The van der Waals surface area contributed by atoms with Gasteiger partial charge in [0.05, 0.1) is 5.56 Å². The molecule has 2 aliphatic rings. The van der Waals surface area contributed by atoms with Crippen LogP contribution < -0.4 is 0 Å². The third-order valence-electron chi connectivity index (χ3n) is 4.74. The summed E-state index contributed by atoms with van der Waals surface area (Å²) in [5.74, 6) is -1.55. The fourth-order valence-electron chi connectivity index (χ4n) is 3.57. The molecule has 2 unspecified atom stereocenters. The van der Waals surface area contributed by atoms with Gasteiger partial charge in [-0.05, 0) is 44.0 Å². The monoisotopic (exact) mass is 292 g/mol. The first-order valence-corrected chi connectivity index (χ1v) is 7.54. The maximum atomic E-state index is 13.3. The van der Waals surface area contributed by atoms with Crippen molar-refractivity contribution in [1.82, 2.24) is 9.80 Å². The summed E-state index contributed by atoms with van der Waals surface area (Å²) in [7, 11) is 0. The second-order valence-corrected chi connectivity index (χ2v) is 6.18. The predicted octanol–water partition coefficient (Wildman–Crippen LogP) is 2.19. The van der Waals surface area contributed by atoms with Gasteiger partial charge in [0.1, 0.15) is 5.82 Å². The molecule has 0 aliphatic carbocycles. The SMILES string of the molecule is CC1CN2CCCC2CN1Cc1ccc(F)cc1C(=O)O. The molecule has 2 atom stereocenters. The molecular formula is C16H21FN2O2. The van der Waals surface area contributed by atoms with Crippen LogP contribution in [0.3, 0.4) is 0 Å². The Morgan fingerprint density at radius 1 is 1.43 bits per heavy atom. The number of piperazine rings is 1. The van der Waals surface area contributed by atoms with Gasteiger partial charge in [0.25, 0.3) is 0 Å². The second kappa shape index (κ2) is 5.73. The van der Waals surface area contributed by atoms with Crippen molar-refractivity contribution in [3.63, 3.8) is 0 Å². The van der Waals surface area contributed by atoms with Gasteiger partial charge < -0.3 is 5.11 Å². The molecule has 4 nitrogen and oxygen atoms in total.